The van der Waals surface area contributed by atoms with Crippen molar-refractivity contribution in [2.24, 2.45) is 0 Å². The molecule has 2 aromatic heterocycles. The molecule has 1 N–H and O–H groups in total. The van der Waals surface area contributed by atoms with E-state index >= 15 is 0 Å². The zero-order valence-electron chi connectivity index (χ0n) is 13.8. The van der Waals surface area contributed by atoms with E-state index in [2.05, 4.69) is 15.5 Å². The Hall–Kier alpha value is -2.45. The fourth-order valence-corrected chi connectivity index (χ4v) is 3.79. The molecule has 130 valence electrons. The highest BCUT2D eigenvalue weighted by Gasteiger charge is 2.22. The maximum atomic E-state index is 12.3. The summed E-state index contributed by atoms with van der Waals surface area (Å²) in [6.07, 6.45) is 3.91. The van der Waals surface area contributed by atoms with Crippen LogP contribution in [-0.4, -0.2) is 34.4 Å². The van der Waals surface area contributed by atoms with Crippen molar-refractivity contribution in [1.29, 1.82) is 0 Å². The largest absolute Gasteiger partial charge is 0.497 e. The Kier molecular flexibility index (Phi) is 4.37. The number of fused-ring (bicyclic) bond motifs is 1. The molecule has 0 bridgehead atoms. The standard InChI is InChI=1S/C17H18N4O3S/c1-23-12-4-5-13-11(9-12)6-7-21(13)10-15(22)18-17-20-19-16(25-17)14-3-2-8-24-14/h4-7,9,14H,2-3,8,10H2,1H3,(H,18,20,22). The molecule has 3 heterocycles. The molecule has 0 saturated carbocycles. The third-order valence-corrected chi connectivity index (χ3v) is 5.11. The van der Waals surface area contributed by atoms with Gasteiger partial charge in [-0.1, -0.05) is 11.3 Å². The van der Waals surface area contributed by atoms with Gasteiger partial charge in [-0.2, -0.15) is 0 Å². The van der Waals surface area contributed by atoms with E-state index in [1.807, 2.05) is 35.0 Å². The smallest absolute Gasteiger partial charge is 0.246 e. The minimum atomic E-state index is -0.136. The number of benzene rings is 1. The summed E-state index contributed by atoms with van der Waals surface area (Å²) in [4.78, 5) is 12.3. The third kappa shape index (κ3) is 3.35. The van der Waals surface area contributed by atoms with Crippen LogP contribution in [0.25, 0.3) is 10.9 Å². The van der Waals surface area contributed by atoms with E-state index in [0.29, 0.717) is 5.13 Å². The minimum Gasteiger partial charge on any atom is -0.497 e. The predicted molar refractivity (Wildman–Crippen MR) is 95.0 cm³/mol. The van der Waals surface area contributed by atoms with E-state index in [9.17, 15) is 4.79 Å². The van der Waals surface area contributed by atoms with Gasteiger partial charge in [0, 0.05) is 23.7 Å². The van der Waals surface area contributed by atoms with Gasteiger partial charge in [-0.15, -0.1) is 10.2 Å². The van der Waals surface area contributed by atoms with Crippen LogP contribution in [-0.2, 0) is 16.1 Å². The van der Waals surface area contributed by atoms with Gasteiger partial charge in [0.2, 0.25) is 11.0 Å². The van der Waals surface area contributed by atoms with Crippen LogP contribution in [0.15, 0.2) is 30.5 Å². The third-order valence-electron chi connectivity index (χ3n) is 4.18. The molecule has 1 fully saturated rings. The Bertz CT molecular complexity index is 898. The molecular weight excluding hydrogens is 340 g/mol. The number of rotatable bonds is 5. The van der Waals surface area contributed by atoms with Gasteiger partial charge < -0.3 is 14.0 Å². The average Bonchev–Trinajstić information content (AvgIpc) is 3.35. The second kappa shape index (κ2) is 6.81. The van der Waals surface area contributed by atoms with E-state index in [0.717, 1.165) is 41.1 Å². The second-order valence-corrected chi connectivity index (χ2v) is 6.87. The lowest BCUT2D eigenvalue weighted by Crippen LogP contribution is -2.18. The molecule has 1 amide bonds. The molecule has 0 radical (unpaired) electrons. The quantitative estimate of drug-likeness (QED) is 0.759. The van der Waals surface area contributed by atoms with Gasteiger partial charge in [-0.05, 0) is 37.1 Å². The number of carbonyl (C=O) groups excluding carboxylic acids is 1. The zero-order valence-corrected chi connectivity index (χ0v) is 14.6. The summed E-state index contributed by atoms with van der Waals surface area (Å²) in [5.74, 6) is 0.661. The van der Waals surface area contributed by atoms with E-state index in [4.69, 9.17) is 9.47 Å². The summed E-state index contributed by atoms with van der Waals surface area (Å²) < 4.78 is 12.7. The lowest BCUT2D eigenvalue weighted by molar-refractivity contribution is -0.116. The van der Waals surface area contributed by atoms with Crippen molar-refractivity contribution >= 4 is 33.3 Å². The average molecular weight is 358 g/mol. The number of hydrogen-bond donors (Lipinski definition) is 1. The molecule has 1 atom stereocenters. The van der Waals surface area contributed by atoms with Gasteiger partial charge in [0.25, 0.3) is 0 Å². The van der Waals surface area contributed by atoms with Crippen LogP contribution in [0.1, 0.15) is 24.0 Å². The molecule has 25 heavy (non-hydrogen) atoms. The summed E-state index contributed by atoms with van der Waals surface area (Å²) in [6.45, 7) is 0.974. The highest BCUT2D eigenvalue weighted by Crippen LogP contribution is 2.31. The fraction of sp³-hybridized carbons (Fsp3) is 0.353. The number of hydrogen-bond acceptors (Lipinski definition) is 6. The molecule has 8 heteroatoms. The van der Waals surface area contributed by atoms with Crippen LogP contribution < -0.4 is 10.1 Å². The van der Waals surface area contributed by atoms with Crippen molar-refractivity contribution in [3.05, 3.63) is 35.5 Å². The van der Waals surface area contributed by atoms with Crippen molar-refractivity contribution in [1.82, 2.24) is 14.8 Å². The van der Waals surface area contributed by atoms with Gasteiger partial charge in [0.1, 0.15) is 23.4 Å². The Balaban J connectivity index is 1.43. The minimum absolute atomic E-state index is 0.0199. The highest BCUT2D eigenvalue weighted by atomic mass is 32.1. The van der Waals surface area contributed by atoms with Crippen molar-refractivity contribution in [3.63, 3.8) is 0 Å². The molecule has 1 aliphatic rings. The Morgan fingerprint density at radius 1 is 1.44 bits per heavy atom. The van der Waals surface area contributed by atoms with Crippen molar-refractivity contribution < 1.29 is 14.3 Å². The SMILES string of the molecule is COc1ccc2c(ccn2CC(=O)Nc2nnc(C3CCCO3)s2)c1. The van der Waals surface area contributed by atoms with Gasteiger partial charge in [-0.25, -0.2) is 0 Å². The monoisotopic (exact) mass is 358 g/mol. The summed E-state index contributed by atoms with van der Waals surface area (Å²) >= 11 is 1.37. The molecular formula is C17H18N4O3S. The van der Waals surface area contributed by atoms with E-state index in [1.165, 1.54) is 11.3 Å². The number of nitrogens with one attached hydrogen (secondary N) is 1. The molecule has 1 aliphatic heterocycles. The molecule has 1 aromatic carbocycles. The van der Waals surface area contributed by atoms with E-state index < -0.39 is 0 Å². The van der Waals surface area contributed by atoms with Crippen molar-refractivity contribution in [3.8, 4) is 5.75 Å². The molecule has 0 spiro atoms. The number of amides is 1. The van der Waals surface area contributed by atoms with E-state index in [-0.39, 0.29) is 18.6 Å². The molecule has 1 unspecified atom stereocenters. The van der Waals surface area contributed by atoms with Crippen molar-refractivity contribution in [2.45, 2.75) is 25.5 Å². The molecule has 1 saturated heterocycles. The van der Waals surface area contributed by atoms with E-state index in [1.54, 1.807) is 7.11 Å². The second-order valence-electron chi connectivity index (χ2n) is 5.86. The number of ether oxygens (including phenoxy) is 2. The maximum absolute atomic E-state index is 12.3. The molecule has 7 nitrogen and oxygen atoms in total. The summed E-state index contributed by atoms with van der Waals surface area (Å²) in [5.41, 5.74) is 0.980. The van der Waals surface area contributed by atoms with Crippen LogP contribution in [0.5, 0.6) is 5.75 Å². The van der Waals surface area contributed by atoms with Gasteiger partial charge in [-0.3, -0.25) is 10.1 Å². The Morgan fingerprint density at radius 3 is 3.16 bits per heavy atom. The highest BCUT2D eigenvalue weighted by molar-refractivity contribution is 7.15. The first-order valence-corrected chi connectivity index (χ1v) is 8.92. The summed E-state index contributed by atoms with van der Waals surface area (Å²) in [6, 6.07) is 7.74. The lowest BCUT2D eigenvalue weighted by atomic mass is 10.2. The molecule has 3 aromatic rings. The van der Waals surface area contributed by atoms with Gasteiger partial charge >= 0.3 is 0 Å². The number of nitrogens with zero attached hydrogens (tertiary/aromatic N) is 3. The Morgan fingerprint density at radius 2 is 2.36 bits per heavy atom. The van der Waals surface area contributed by atoms with Gasteiger partial charge in [0.15, 0.2) is 0 Å². The fourth-order valence-electron chi connectivity index (χ4n) is 2.94. The number of carbonyl (C=O) groups is 1. The first kappa shape index (κ1) is 16.0. The lowest BCUT2D eigenvalue weighted by Gasteiger charge is -2.06. The van der Waals surface area contributed by atoms with Crippen molar-refractivity contribution in [2.75, 3.05) is 19.0 Å². The zero-order chi connectivity index (χ0) is 17.2. The van der Waals surface area contributed by atoms with Crippen LogP contribution in [0.3, 0.4) is 0 Å². The molecule has 4 rings (SSSR count). The predicted octanol–water partition coefficient (Wildman–Crippen LogP) is 2.99. The number of methoxy groups -OCH3 is 1. The molecule has 0 aliphatic carbocycles. The first-order chi connectivity index (χ1) is 12.2. The van der Waals surface area contributed by atoms with Crippen LogP contribution in [0.2, 0.25) is 0 Å². The first-order valence-electron chi connectivity index (χ1n) is 8.10. The number of anilines is 1. The van der Waals surface area contributed by atoms with Crippen LogP contribution in [0, 0.1) is 0 Å². The number of aromatic nitrogens is 3. The Labute approximate surface area is 148 Å². The van der Waals surface area contributed by atoms with Crippen LogP contribution in [0.4, 0.5) is 5.13 Å². The topological polar surface area (TPSA) is 78.3 Å². The van der Waals surface area contributed by atoms with Crippen LogP contribution >= 0.6 is 11.3 Å². The van der Waals surface area contributed by atoms with Gasteiger partial charge in [0.05, 0.1) is 7.11 Å². The normalized spacial score (nSPS) is 17.1. The summed E-state index contributed by atoms with van der Waals surface area (Å²) in [7, 11) is 1.64. The summed E-state index contributed by atoms with van der Waals surface area (Å²) in [5, 5.41) is 13.4. The maximum Gasteiger partial charge on any atom is 0.246 e.